The van der Waals surface area contributed by atoms with Gasteiger partial charge in [-0.2, -0.15) is 0 Å². The normalized spacial score (nSPS) is 19.2. The fourth-order valence-corrected chi connectivity index (χ4v) is 3.70. The molecule has 2 N–H and O–H groups in total. The molecule has 0 bridgehead atoms. The summed E-state index contributed by atoms with van der Waals surface area (Å²) in [6, 6.07) is 22.2. The Bertz CT molecular complexity index is 1130. The molecule has 7 heteroatoms. The third kappa shape index (κ3) is 4.44. The molecule has 0 unspecified atom stereocenters. The maximum absolute atomic E-state index is 12.9. The molecule has 3 aromatic rings. The van der Waals surface area contributed by atoms with Gasteiger partial charge in [0.2, 0.25) is 12.3 Å². The van der Waals surface area contributed by atoms with E-state index in [0.29, 0.717) is 16.3 Å². The number of hydrazone groups is 1. The largest absolute Gasteiger partial charge is 0.496 e. The second-order valence-electron chi connectivity index (χ2n) is 7.07. The standard InChI is InChI=1S/C24H20ClN3O3/c1-31-20-10-6-5-9-18(20)15-28-22(16-11-13-19(25)14-12-16)21(24(30)27-28)26-23(29)17-7-3-2-4-8-17/h2-15,21-22H,1H3,(H-,26,27,29,30)/p+1/b28-15-/t21-,22-/m1/s1. The second-order valence-corrected chi connectivity index (χ2v) is 7.50. The Morgan fingerprint density at radius 1 is 1.03 bits per heavy atom. The van der Waals surface area contributed by atoms with Crippen LogP contribution in [-0.2, 0) is 4.79 Å². The number of benzene rings is 3. The van der Waals surface area contributed by atoms with Crippen LogP contribution >= 0.6 is 11.6 Å². The fraction of sp³-hybridized carbons (Fsp3) is 0.125. The van der Waals surface area contributed by atoms with Crippen LogP contribution in [0.15, 0.2) is 78.9 Å². The molecule has 0 radical (unpaired) electrons. The van der Waals surface area contributed by atoms with Crippen molar-refractivity contribution in [3.8, 4) is 5.75 Å². The Morgan fingerprint density at radius 2 is 1.71 bits per heavy atom. The van der Waals surface area contributed by atoms with Crippen molar-refractivity contribution in [2.45, 2.75) is 12.1 Å². The number of carbonyl (C=O) groups excluding carboxylic acids is 2. The zero-order valence-electron chi connectivity index (χ0n) is 16.8. The SMILES string of the molecule is COc1ccccc1/C=[N+]1\NC(=O)[C@H](NC(=O)c2ccccc2)[C@H]1c1ccc(Cl)cc1. The molecule has 0 aromatic heterocycles. The number of hydrogen-bond donors (Lipinski definition) is 2. The lowest BCUT2D eigenvalue weighted by atomic mass is 9.99. The van der Waals surface area contributed by atoms with Crippen LogP contribution in [0.25, 0.3) is 0 Å². The highest BCUT2D eigenvalue weighted by Gasteiger charge is 2.47. The van der Waals surface area contributed by atoms with Crippen molar-refractivity contribution in [2.75, 3.05) is 7.11 Å². The van der Waals surface area contributed by atoms with Gasteiger partial charge in [-0.3, -0.25) is 9.59 Å². The minimum Gasteiger partial charge on any atom is -0.496 e. The summed E-state index contributed by atoms with van der Waals surface area (Å²) in [5, 5.41) is 3.46. The van der Waals surface area contributed by atoms with Crippen molar-refractivity contribution < 1.29 is 19.0 Å². The van der Waals surface area contributed by atoms with Crippen LogP contribution in [0.1, 0.15) is 27.5 Å². The summed E-state index contributed by atoms with van der Waals surface area (Å²) in [5.41, 5.74) is 4.96. The average molecular weight is 435 g/mol. The lowest BCUT2D eigenvalue weighted by Gasteiger charge is -2.15. The molecule has 0 saturated carbocycles. The van der Waals surface area contributed by atoms with Gasteiger partial charge in [0.05, 0.1) is 12.7 Å². The second kappa shape index (κ2) is 9.02. The molecule has 1 aliphatic heterocycles. The number of halogens is 1. The van der Waals surface area contributed by atoms with E-state index in [1.165, 1.54) is 0 Å². The predicted octanol–water partition coefficient (Wildman–Crippen LogP) is 3.36. The molecule has 0 spiro atoms. The number of amides is 2. The van der Waals surface area contributed by atoms with Crippen molar-refractivity contribution in [1.82, 2.24) is 10.7 Å². The average Bonchev–Trinajstić information content (AvgIpc) is 3.09. The van der Waals surface area contributed by atoms with E-state index in [9.17, 15) is 9.59 Å². The lowest BCUT2D eigenvalue weighted by molar-refractivity contribution is -0.596. The topological polar surface area (TPSA) is 70.4 Å². The zero-order valence-corrected chi connectivity index (χ0v) is 17.5. The molecule has 2 amide bonds. The highest BCUT2D eigenvalue weighted by atomic mass is 35.5. The molecule has 1 saturated heterocycles. The van der Waals surface area contributed by atoms with E-state index in [-0.39, 0.29) is 11.8 Å². The summed E-state index contributed by atoms with van der Waals surface area (Å²) in [4.78, 5) is 25.7. The molecule has 31 heavy (non-hydrogen) atoms. The molecule has 1 heterocycles. The van der Waals surface area contributed by atoms with Gasteiger partial charge < -0.3 is 10.1 Å². The molecular weight excluding hydrogens is 414 g/mol. The van der Waals surface area contributed by atoms with Crippen molar-refractivity contribution in [1.29, 1.82) is 0 Å². The van der Waals surface area contributed by atoms with Gasteiger partial charge in [0.1, 0.15) is 5.75 Å². The Balaban J connectivity index is 1.73. The highest BCUT2D eigenvalue weighted by molar-refractivity contribution is 6.30. The Kier molecular flexibility index (Phi) is 6.00. The first kappa shape index (κ1) is 20.6. The van der Waals surface area contributed by atoms with Gasteiger partial charge in [-0.1, -0.05) is 54.1 Å². The van der Waals surface area contributed by atoms with Crippen molar-refractivity contribution >= 4 is 29.6 Å². The van der Waals surface area contributed by atoms with Gasteiger partial charge in [0, 0.05) is 16.1 Å². The molecular formula is C24H21ClN3O3+. The summed E-state index contributed by atoms with van der Waals surface area (Å²) >= 11 is 6.06. The molecule has 1 fully saturated rings. The number of rotatable bonds is 5. The van der Waals surface area contributed by atoms with Gasteiger partial charge in [0.15, 0.2) is 6.04 Å². The monoisotopic (exact) mass is 434 g/mol. The van der Waals surface area contributed by atoms with Crippen LogP contribution in [0, 0.1) is 0 Å². The minimum atomic E-state index is -0.806. The van der Waals surface area contributed by atoms with E-state index in [2.05, 4.69) is 10.7 Å². The van der Waals surface area contributed by atoms with Gasteiger partial charge in [-0.15, -0.1) is 10.1 Å². The number of hydrogen-bond acceptors (Lipinski definition) is 3. The first-order valence-corrected chi connectivity index (χ1v) is 10.1. The maximum atomic E-state index is 12.9. The maximum Gasteiger partial charge on any atom is 0.304 e. The molecule has 6 nitrogen and oxygen atoms in total. The fourth-order valence-electron chi connectivity index (χ4n) is 3.58. The van der Waals surface area contributed by atoms with E-state index in [4.69, 9.17) is 16.3 Å². The quantitative estimate of drug-likeness (QED) is 0.605. The van der Waals surface area contributed by atoms with Gasteiger partial charge in [-0.25, -0.2) is 0 Å². The van der Waals surface area contributed by atoms with E-state index >= 15 is 0 Å². The number of nitrogens with one attached hydrogen (secondary N) is 2. The number of ether oxygens (including phenoxy) is 1. The third-order valence-corrected chi connectivity index (χ3v) is 5.34. The van der Waals surface area contributed by atoms with E-state index in [0.717, 1.165) is 11.1 Å². The van der Waals surface area contributed by atoms with Crippen LogP contribution in [0.2, 0.25) is 5.02 Å². The van der Waals surface area contributed by atoms with E-state index < -0.39 is 12.1 Å². The molecule has 4 rings (SSSR count). The lowest BCUT2D eigenvalue weighted by Crippen LogP contribution is -2.42. The summed E-state index contributed by atoms with van der Waals surface area (Å²) < 4.78 is 7.12. The smallest absolute Gasteiger partial charge is 0.304 e. The molecule has 2 atom stereocenters. The van der Waals surface area contributed by atoms with Crippen molar-refractivity contribution in [3.05, 3.63) is 101 Å². The Morgan fingerprint density at radius 3 is 2.42 bits per heavy atom. The highest BCUT2D eigenvalue weighted by Crippen LogP contribution is 2.27. The predicted molar refractivity (Wildman–Crippen MR) is 118 cm³/mol. The molecule has 156 valence electrons. The Hall–Kier alpha value is -3.64. The Labute approximate surface area is 185 Å². The number of para-hydroxylation sites is 1. The zero-order chi connectivity index (χ0) is 21.8. The molecule has 0 aliphatic carbocycles. The van der Waals surface area contributed by atoms with Crippen LogP contribution in [0.3, 0.4) is 0 Å². The van der Waals surface area contributed by atoms with Crippen molar-refractivity contribution in [3.63, 3.8) is 0 Å². The van der Waals surface area contributed by atoms with Gasteiger partial charge in [0.25, 0.3) is 5.91 Å². The number of nitrogens with zero attached hydrogens (tertiary/aromatic N) is 1. The number of methoxy groups -OCH3 is 1. The van der Waals surface area contributed by atoms with E-state index in [1.807, 2.05) is 42.5 Å². The molecule has 1 aliphatic rings. The molecule has 3 aromatic carbocycles. The van der Waals surface area contributed by atoms with Crippen LogP contribution in [0.4, 0.5) is 0 Å². The van der Waals surface area contributed by atoms with E-state index in [1.54, 1.807) is 54.4 Å². The third-order valence-electron chi connectivity index (χ3n) is 5.09. The number of carbonyl (C=O) groups is 2. The number of hydrazine groups is 1. The van der Waals surface area contributed by atoms with Gasteiger partial charge >= 0.3 is 5.91 Å². The first-order chi connectivity index (χ1) is 15.1. The summed E-state index contributed by atoms with van der Waals surface area (Å²) in [5.74, 6) is 0.0395. The summed E-state index contributed by atoms with van der Waals surface area (Å²) in [6.07, 6.45) is 1.80. The summed E-state index contributed by atoms with van der Waals surface area (Å²) in [6.45, 7) is 0. The first-order valence-electron chi connectivity index (χ1n) is 9.75. The van der Waals surface area contributed by atoms with Crippen LogP contribution in [0.5, 0.6) is 5.75 Å². The van der Waals surface area contributed by atoms with Crippen molar-refractivity contribution in [2.24, 2.45) is 0 Å². The summed E-state index contributed by atoms with van der Waals surface area (Å²) in [7, 11) is 1.59. The van der Waals surface area contributed by atoms with Crippen LogP contribution < -0.4 is 15.5 Å². The van der Waals surface area contributed by atoms with Crippen LogP contribution in [-0.4, -0.2) is 35.9 Å². The van der Waals surface area contributed by atoms with Gasteiger partial charge in [-0.05, 0) is 36.4 Å². The minimum absolute atomic E-state index is 0.310.